The third-order valence-electron chi connectivity index (χ3n) is 3.46. The molecule has 19 heavy (non-hydrogen) atoms. The van der Waals surface area contributed by atoms with Gasteiger partial charge in [-0.3, -0.25) is 0 Å². The molecule has 2 rings (SSSR count). The van der Waals surface area contributed by atoms with Crippen molar-refractivity contribution in [3.05, 3.63) is 29.3 Å². The smallest absolute Gasteiger partial charge is 0.396 e. The zero-order valence-corrected chi connectivity index (χ0v) is 10.7. The van der Waals surface area contributed by atoms with Crippen LogP contribution in [0.4, 0.5) is 18.9 Å². The molecule has 2 nitrogen and oxygen atoms in total. The van der Waals surface area contributed by atoms with Crippen LogP contribution in [0.5, 0.6) is 0 Å². The molecule has 1 aromatic rings. The van der Waals surface area contributed by atoms with Gasteiger partial charge in [-0.05, 0) is 43.4 Å². The Morgan fingerprint density at radius 3 is 2.37 bits per heavy atom. The zero-order valence-electron chi connectivity index (χ0n) is 10.7. The Kier molecular flexibility index (Phi) is 4.34. The van der Waals surface area contributed by atoms with Gasteiger partial charge in [0.05, 0.1) is 5.56 Å². The van der Waals surface area contributed by atoms with E-state index in [0.29, 0.717) is 18.7 Å². The lowest BCUT2D eigenvalue weighted by Gasteiger charge is -2.31. The Morgan fingerprint density at radius 1 is 1.11 bits per heavy atom. The van der Waals surface area contributed by atoms with Gasteiger partial charge in [0.1, 0.15) is 0 Å². The van der Waals surface area contributed by atoms with Crippen LogP contribution in [-0.4, -0.2) is 24.8 Å². The number of aliphatic hydroxyl groups is 1. The van der Waals surface area contributed by atoms with Crippen molar-refractivity contribution >= 4 is 5.69 Å². The van der Waals surface area contributed by atoms with Crippen molar-refractivity contribution in [2.45, 2.75) is 31.9 Å². The van der Waals surface area contributed by atoms with Gasteiger partial charge >= 0.3 is 6.18 Å². The van der Waals surface area contributed by atoms with Gasteiger partial charge in [0.2, 0.25) is 0 Å². The van der Waals surface area contributed by atoms with E-state index >= 15 is 0 Å². The molecular formula is C14H18F3NO. The Labute approximate surface area is 110 Å². The Hall–Kier alpha value is -1.23. The summed E-state index contributed by atoms with van der Waals surface area (Å²) in [5, 5.41) is 8.84. The highest BCUT2D eigenvalue weighted by Gasteiger charge is 2.35. The first-order valence-electron chi connectivity index (χ1n) is 6.58. The molecule has 0 radical (unpaired) electrons. The number of hydrogen-bond acceptors (Lipinski definition) is 2. The number of hydrogen-bond donors (Lipinski definition) is 1. The van der Waals surface area contributed by atoms with Crippen molar-refractivity contribution in [2.24, 2.45) is 0 Å². The largest absolute Gasteiger partial charge is 0.418 e. The summed E-state index contributed by atoms with van der Waals surface area (Å²) in [6.45, 7) is 1.23. The molecule has 0 aliphatic carbocycles. The van der Waals surface area contributed by atoms with Crippen molar-refractivity contribution in [3.8, 4) is 0 Å². The highest BCUT2D eigenvalue weighted by molar-refractivity contribution is 5.56. The Bertz CT molecular complexity index is 425. The summed E-state index contributed by atoms with van der Waals surface area (Å²) in [6, 6.07) is 4.38. The van der Waals surface area contributed by atoms with Gasteiger partial charge in [0.15, 0.2) is 0 Å². The van der Waals surface area contributed by atoms with E-state index in [-0.39, 0.29) is 18.7 Å². The molecule has 1 saturated heterocycles. The average molecular weight is 273 g/mol. The number of piperidine rings is 1. The average Bonchev–Trinajstić information content (AvgIpc) is 2.39. The number of aliphatic hydroxyl groups excluding tert-OH is 1. The van der Waals surface area contributed by atoms with Crippen molar-refractivity contribution in [1.82, 2.24) is 0 Å². The van der Waals surface area contributed by atoms with Gasteiger partial charge in [-0.15, -0.1) is 0 Å². The van der Waals surface area contributed by atoms with Crippen LogP contribution in [-0.2, 0) is 12.6 Å². The maximum atomic E-state index is 13.1. The molecule has 1 aliphatic heterocycles. The molecule has 106 valence electrons. The van der Waals surface area contributed by atoms with Crippen LogP contribution in [0.2, 0.25) is 0 Å². The van der Waals surface area contributed by atoms with Crippen molar-refractivity contribution in [3.63, 3.8) is 0 Å². The molecule has 1 N–H and O–H groups in total. The van der Waals surface area contributed by atoms with Crippen LogP contribution in [0.3, 0.4) is 0 Å². The highest BCUT2D eigenvalue weighted by atomic mass is 19.4. The van der Waals surface area contributed by atoms with Gasteiger partial charge < -0.3 is 10.0 Å². The number of halogens is 3. The molecule has 0 atom stereocenters. The number of anilines is 1. The second-order valence-corrected chi connectivity index (χ2v) is 4.87. The van der Waals surface area contributed by atoms with Crippen LogP contribution in [0.1, 0.15) is 30.4 Å². The topological polar surface area (TPSA) is 23.5 Å². The lowest BCUT2D eigenvalue weighted by atomic mass is 10.0. The van der Waals surface area contributed by atoms with Crippen molar-refractivity contribution < 1.29 is 18.3 Å². The first-order chi connectivity index (χ1) is 9.02. The molecule has 1 heterocycles. The van der Waals surface area contributed by atoms with E-state index in [1.165, 1.54) is 6.07 Å². The van der Waals surface area contributed by atoms with Crippen LogP contribution >= 0.6 is 0 Å². The first kappa shape index (κ1) is 14.2. The van der Waals surface area contributed by atoms with Gasteiger partial charge in [-0.25, -0.2) is 0 Å². The lowest BCUT2D eigenvalue weighted by Crippen LogP contribution is -2.31. The summed E-state index contributed by atoms with van der Waals surface area (Å²) in [6.07, 6.45) is -1.13. The van der Waals surface area contributed by atoms with Crippen molar-refractivity contribution in [1.29, 1.82) is 0 Å². The quantitative estimate of drug-likeness (QED) is 0.914. The third-order valence-corrected chi connectivity index (χ3v) is 3.46. The molecular weight excluding hydrogens is 255 g/mol. The van der Waals surface area contributed by atoms with Crippen LogP contribution in [0, 0.1) is 0 Å². The van der Waals surface area contributed by atoms with Crippen molar-refractivity contribution in [2.75, 3.05) is 24.6 Å². The minimum Gasteiger partial charge on any atom is -0.396 e. The second kappa shape index (κ2) is 5.82. The maximum absolute atomic E-state index is 13.1. The molecule has 0 saturated carbocycles. The van der Waals surface area contributed by atoms with Gasteiger partial charge in [-0.1, -0.05) is 6.07 Å². The molecule has 1 aromatic carbocycles. The predicted molar refractivity (Wildman–Crippen MR) is 68.3 cm³/mol. The lowest BCUT2D eigenvalue weighted by molar-refractivity contribution is -0.137. The molecule has 1 fully saturated rings. The van der Waals surface area contributed by atoms with E-state index < -0.39 is 11.7 Å². The minimum atomic E-state index is -4.35. The maximum Gasteiger partial charge on any atom is 0.418 e. The fourth-order valence-electron chi connectivity index (χ4n) is 2.51. The van der Waals surface area contributed by atoms with E-state index in [4.69, 9.17) is 5.11 Å². The minimum absolute atomic E-state index is 0.139. The Morgan fingerprint density at radius 2 is 1.79 bits per heavy atom. The van der Waals surface area contributed by atoms with Crippen LogP contribution in [0.15, 0.2) is 18.2 Å². The van der Waals surface area contributed by atoms with E-state index in [1.807, 2.05) is 4.90 Å². The zero-order chi connectivity index (χ0) is 13.9. The van der Waals surface area contributed by atoms with E-state index in [2.05, 4.69) is 0 Å². The molecule has 5 heteroatoms. The summed E-state index contributed by atoms with van der Waals surface area (Å²) in [5.41, 5.74) is 0.213. The first-order valence-corrected chi connectivity index (χ1v) is 6.58. The van der Waals surface area contributed by atoms with E-state index in [0.717, 1.165) is 19.3 Å². The fourth-order valence-corrected chi connectivity index (χ4v) is 2.51. The third kappa shape index (κ3) is 3.41. The van der Waals surface area contributed by atoms with E-state index in [9.17, 15) is 13.2 Å². The molecule has 0 aromatic heterocycles. The molecule has 0 unspecified atom stereocenters. The summed E-state index contributed by atoms with van der Waals surface area (Å²) in [4.78, 5) is 1.81. The second-order valence-electron chi connectivity index (χ2n) is 4.87. The number of nitrogens with zero attached hydrogens (tertiary/aromatic N) is 1. The molecule has 0 amide bonds. The van der Waals surface area contributed by atoms with Crippen LogP contribution in [0.25, 0.3) is 0 Å². The standard InChI is InChI=1S/C14H18F3NO/c15-14(16,17)12-10-11(6-9-19)4-5-13(12)18-7-2-1-3-8-18/h4-5,10,19H,1-3,6-9H2. The van der Waals surface area contributed by atoms with Gasteiger partial charge in [0, 0.05) is 25.4 Å². The molecule has 1 aliphatic rings. The highest BCUT2D eigenvalue weighted by Crippen LogP contribution is 2.38. The number of rotatable bonds is 3. The monoisotopic (exact) mass is 273 g/mol. The van der Waals surface area contributed by atoms with E-state index in [1.54, 1.807) is 12.1 Å². The molecule has 0 spiro atoms. The van der Waals surface area contributed by atoms with Crippen LogP contribution < -0.4 is 4.90 Å². The predicted octanol–water partition coefficient (Wildman–Crippen LogP) is 3.23. The number of benzene rings is 1. The molecule has 0 bridgehead atoms. The summed E-state index contributed by atoms with van der Waals surface area (Å²) in [7, 11) is 0. The SMILES string of the molecule is OCCc1ccc(N2CCCCC2)c(C(F)(F)F)c1. The fraction of sp³-hybridized carbons (Fsp3) is 0.571. The summed E-state index contributed by atoms with van der Waals surface area (Å²) < 4.78 is 39.4. The summed E-state index contributed by atoms with van der Waals surface area (Å²) in [5.74, 6) is 0. The normalized spacial score (nSPS) is 16.7. The number of alkyl halides is 3. The summed E-state index contributed by atoms with van der Waals surface area (Å²) >= 11 is 0. The van der Waals surface area contributed by atoms with Gasteiger partial charge in [-0.2, -0.15) is 13.2 Å². The van der Waals surface area contributed by atoms with Gasteiger partial charge in [0.25, 0.3) is 0 Å². The Balaban J connectivity index is 2.35.